The normalized spacial score (nSPS) is 14.2. The number of hydrogen-bond acceptors (Lipinski definition) is 5. The largest absolute Gasteiger partial charge is 0.481 e. The van der Waals surface area contributed by atoms with Crippen molar-refractivity contribution < 1.29 is 9.90 Å². The minimum Gasteiger partial charge on any atom is -0.481 e. The number of pyridine rings is 1. The van der Waals surface area contributed by atoms with Crippen LogP contribution in [-0.4, -0.2) is 53.7 Å². The summed E-state index contributed by atoms with van der Waals surface area (Å²) in [7, 11) is 0. The van der Waals surface area contributed by atoms with Gasteiger partial charge < -0.3 is 15.3 Å². The lowest BCUT2D eigenvalue weighted by molar-refractivity contribution is -0.136. The number of aliphatic carboxylic acids is 1. The van der Waals surface area contributed by atoms with E-state index in [1.54, 1.807) is 6.92 Å². The number of anilines is 2. The third-order valence-corrected chi connectivity index (χ3v) is 4.38. The highest BCUT2D eigenvalue weighted by atomic mass is 16.4. The zero-order chi connectivity index (χ0) is 19.5. The van der Waals surface area contributed by atoms with E-state index in [2.05, 4.69) is 63.4 Å². The molecule has 0 aliphatic carbocycles. The van der Waals surface area contributed by atoms with Crippen molar-refractivity contribution in [3.8, 4) is 0 Å². The number of piperazine rings is 1. The molecule has 0 bridgehead atoms. The van der Waals surface area contributed by atoms with E-state index in [0.29, 0.717) is 0 Å². The van der Waals surface area contributed by atoms with Crippen molar-refractivity contribution in [1.29, 1.82) is 0 Å². The van der Waals surface area contributed by atoms with Crippen molar-refractivity contribution in [3.05, 3.63) is 54.2 Å². The van der Waals surface area contributed by atoms with Crippen LogP contribution in [0.5, 0.6) is 0 Å². The molecule has 3 rings (SSSR count). The molecule has 1 aromatic carbocycles. The van der Waals surface area contributed by atoms with E-state index in [0.717, 1.165) is 50.8 Å². The Labute approximate surface area is 161 Å². The maximum atomic E-state index is 9.37. The molecule has 0 radical (unpaired) electrons. The molecular weight excluding hydrogens is 340 g/mol. The van der Waals surface area contributed by atoms with Crippen LogP contribution in [0.4, 0.5) is 11.5 Å². The molecule has 1 aliphatic heterocycles. The first-order valence-electron chi connectivity index (χ1n) is 9.56. The average Bonchev–Trinajstić information content (AvgIpc) is 2.71. The van der Waals surface area contributed by atoms with E-state index < -0.39 is 5.97 Å². The van der Waals surface area contributed by atoms with Gasteiger partial charge in [-0.2, -0.15) is 0 Å². The van der Waals surface area contributed by atoms with Gasteiger partial charge in [0.2, 0.25) is 0 Å². The van der Waals surface area contributed by atoms with Crippen LogP contribution in [0.3, 0.4) is 0 Å². The maximum absolute atomic E-state index is 9.37. The molecule has 0 unspecified atom stereocenters. The van der Waals surface area contributed by atoms with Crippen molar-refractivity contribution in [2.24, 2.45) is 0 Å². The summed E-state index contributed by atoms with van der Waals surface area (Å²) in [6.07, 6.45) is 2.10. The summed E-state index contributed by atoms with van der Waals surface area (Å²) in [4.78, 5) is 18.8. The van der Waals surface area contributed by atoms with Crippen molar-refractivity contribution in [3.63, 3.8) is 0 Å². The highest BCUT2D eigenvalue weighted by molar-refractivity contribution is 5.66. The Morgan fingerprint density at radius 2 is 1.74 bits per heavy atom. The summed E-state index contributed by atoms with van der Waals surface area (Å²) >= 11 is 0. The minimum atomic E-state index is -0.745. The molecule has 0 saturated carbocycles. The second-order valence-electron chi connectivity index (χ2n) is 6.40. The summed E-state index contributed by atoms with van der Waals surface area (Å²) in [5.74, 6) is 0.341. The molecule has 1 aliphatic rings. The van der Waals surface area contributed by atoms with Gasteiger partial charge in [0.05, 0.1) is 5.69 Å². The molecule has 146 valence electrons. The molecule has 0 atom stereocenters. The number of hydrogen-bond donors (Lipinski definition) is 2. The van der Waals surface area contributed by atoms with Crippen molar-refractivity contribution in [1.82, 2.24) is 9.88 Å². The highest BCUT2D eigenvalue weighted by Gasteiger charge is 2.19. The molecule has 0 spiro atoms. The Bertz CT molecular complexity index is 686. The van der Waals surface area contributed by atoms with Gasteiger partial charge in [-0.3, -0.25) is 9.69 Å². The number of nitrogens with one attached hydrogen (secondary N) is 1. The first kappa shape index (κ1) is 20.7. The van der Waals surface area contributed by atoms with Crippen molar-refractivity contribution in [2.75, 3.05) is 42.9 Å². The van der Waals surface area contributed by atoms with Crippen molar-refractivity contribution in [2.45, 2.75) is 26.8 Å². The Balaban J connectivity index is 0.000000465. The molecule has 27 heavy (non-hydrogen) atoms. The van der Waals surface area contributed by atoms with Gasteiger partial charge in [-0.1, -0.05) is 37.3 Å². The summed E-state index contributed by atoms with van der Waals surface area (Å²) in [6, 6.07) is 14.8. The van der Waals surface area contributed by atoms with Crippen LogP contribution in [0.1, 0.15) is 25.8 Å². The Morgan fingerprint density at radius 3 is 2.33 bits per heavy atom. The van der Waals surface area contributed by atoms with Crippen LogP contribution in [0.25, 0.3) is 0 Å². The zero-order valence-corrected chi connectivity index (χ0v) is 16.3. The summed E-state index contributed by atoms with van der Waals surface area (Å²) in [5, 5.41) is 11.1. The minimum absolute atomic E-state index is 0.222. The highest BCUT2D eigenvalue weighted by Crippen LogP contribution is 2.23. The molecule has 1 fully saturated rings. The second-order valence-corrected chi connectivity index (χ2v) is 6.40. The lowest BCUT2D eigenvalue weighted by Gasteiger charge is -2.36. The molecular formula is C21H30N4O2. The number of aromatic nitrogens is 1. The van der Waals surface area contributed by atoms with E-state index in [1.165, 1.54) is 5.56 Å². The van der Waals surface area contributed by atoms with E-state index in [4.69, 9.17) is 5.11 Å². The smallest absolute Gasteiger partial charge is 0.303 e. The SMILES string of the molecule is CCC(=O)O.CCNc1cccnc1N1CCN(Cc2ccccc2)CC1. The number of benzene rings is 1. The fourth-order valence-electron chi connectivity index (χ4n) is 2.94. The van der Waals surface area contributed by atoms with E-state index >= 15 is 0 Å². The number of nitrogens with zero attached hydrogens (tertiary/aromatic N) is 3. The van der Waals surface area contributed by atoms with Crippen molar-refractivity contribution >= 4 is 17.5 Å². The number of carboxylic acid groups (broad SMARTS) is 1. The van der Waals surface area contributed by atoms with Crippen LogP contribution in [0.15, 0.2) is 48.7 Å². The standard InChI is InChI=1S/C18H24N4.C3H6O2/c1-2-19-17-9-6-10-20-18(17)22-13-11-21(12-14-22)15-16-7-4-3-5-8-16;1-2-3(4)5/h3-10,19H,2,11-15H2,1H3;2H2,1H3,(H,4,5). The number of carbonyl (C=O) groups is 1. The molecule has 6 nitrogen and oxygen atoms in total. The topological polar surface area (TPSA) is 68.7 Å². The molecule has 0 amide bonds. The van der Waals surface area contributed by atoms with Gasteiger partial charge in [-0.25, -0.2) is 4.98 Å². The number of rotatable bonds is 6. The predicted octanol–water partition coefficient (Wildman–Crippen LogP) is 3.32. The van der Waals surface area contributed by atoms with Crippen LogP contribution >= 0.6 is 0 Å². The van der Waals surface area contributed by atoms with E-state index in [-0.39, 0.29) is 6.42 Å². The Hall–Kier alpha value is -2.60. The van der Waals surface area contributed by atoms with Gasteiger partial charge in [0.15, 0.2) is 5.82 Å². The Kier molecular flexibility index (Phi) is 8.58. The number of carboxylic acids is 1. The molecule has 2 N–H and O–H groups in total. The monoisotopic (exact) mass is 370 g/mol. The molecule has 1 aromatic heterocycles. The second kappa shape index (κ2) is 11.2. The summed E-state index contributed by atoms with van der Waals surface area (Å²) in [6.45, 7) is 9.90. The zero-order valence-electron chi connectivity index (χ0n) is 16.3. The lowest BCUT2D eigenvalue weighted by atomic mass is 10.2. The Morgan fingerprint density at radius 1 is 1.07 bits per heavy atom. The first-order valence-corrected chi connectivity index (χ1v) is 9.56. The predicted molar refractivity (Wildman–Crippen MR) is 110 cm³/mol. The maximum Gasteiger partial charge on any atom is 0.303 e. The van der Waals surface area contributed by atoms with Crippen LogP contribution in [0.2, 0.25) is 0 Å². The molecule has 2 heterocycles. The fourth-order valence-corrected chi connectivity index (χ4v) is 2.94. The quantitative estimate of drug-likeness (QED) is 0.813. The first-order chi connectivity index (χ1) is 13.1. The van der Waals surface area contributed by atoms with Gasteiger partial charge in [0, 0.05) is 51.9 Å². The van der Waals surface area contributed by atoms with E-state index in [1.807, 2.05) is 12.3 Å². The van der Waals surface area contributed by atoms with Crippen LogP contribution < -0.4 is 10.2 Å². The third-order valence-electron chi connectivity index (χ3n) is 4.38. The lowest BCUT2D eigenvalue weighted by Crippen LogP contribution is -2.46. The van der Waals surface area contributed by atoms with Gasteiger partial charge in [-0.15, -0.1) is 0 Å². The van der Waals surface area contributed by atoms with Crippen LogP contribution in [0, 0.1) is 0 Å². The van der Waals surface area contributed by atoms with E-state index in [9.17, 15) is 4.79 Å². The summed E-state index contributed by atoms with van der Waals surface area (Å²) < 4.78 is 0. The molecule has 2 aromatic rings. The van der Waals surface area contributed by atoms with Gasteiger partial charge in [-0.05, 0) is 24.6 Å². The fraction of sp³-hybridized carbons (Fsp3) is 0.429. The summed E-state index contributed by atoms with van der Waals surface area (Å²) in [5.41, 5.74) is 2.53. The third kappa shape index (κ3) is 6.90. The van der Waals surface area contributed by atoms with Gasteiger partial charge >= 0.3 is 5.97 Å². The van der Waals surface area contributed by atoms with Gasteiger partial charge in [0.1, 0.15) is 0 Å². The van der Waals surface area contributed by atoms with Crippen LogP contribution in [-0.2, 0) is 11.3 Å². The molecule has 1 saturated heterocycles. The average molecular weight is 370 g/mol. The molecule has 6 heteroatoms. The van der Waals surface area contributed by atoms with Gasteiger partial charge in [0.25, 0.3) is 0 Å².